The number of piperidine rings is 1. The Morgan fingerprint density at radius 2 is 2.12 bits per heavy atom. The number of nitrogens with zero attached hydrogens (tertiary/aromatic N) is 3. The lowest BCUT2D eigenvalue weighted by molar-refractivity contribution is -0.122. The van der Waals surface area contributed by atoms with Crippen molar-refractivity contribution in [2.45, 2.75) is 32.4 Å². The molecule has 0 bridgehead atoms. The monoisotopic (exact) mass is 330 g/mol. The molecule has 24 heavy (non-hydrogen) atoms. The highest BCUT2D eigenvalue weighted by Crippen LogP contribution is 2.16. The van der Waals surface area contributed by atoms with Gasteiger partial charge in [-0.25, -0.2) is 0 Å². The summed E-state index contributed by atoms with van der Waals surface area (Å²) in [6.07, 6.45) is 3.60. The van der Waals surface area contributed by atoms with Gasteiger partial charge in [-0.15, -0.1) is 0 Å². The normalized spacial score (nSPS) is 17.9. The smallest absolute Gasteiger partial charge is 0.241 e. The third kappa shape index (κ3) is 4.33. The lowest BCUT2D eigenvalue weighted by Gasteiger charge is -2.31. The summed E-state index contributed by atoms with van der Waals surface area (Å²) in [6.45, 7) is 5.41. The number of hydrogen-bond acceptors (Lipinski definition) is 4. The van der Waals surface area contributed by atoms with Crippen LogP contribution in [0, 0.1) is 5.92 Å². The Balaban J connectivity index is 1.43. The van der Waals surface area contributed by atoms with Gasteiger partial charge in [0.05, 0.1) is 17.8 Å². The Morgan fingerprint density at radius 3 is 2.92 bits per heavy atom. The highest BCUT2D eigenvalue weighted by Gasteiger charge is 2.18. The SMILES string of the molecule is CC1CCN(CC(O)CNC(=O)Cn2ncc3ccccc32)CC1. The van der Waals surface area contributed by atoms with Crippen LogP contribution in [-0.4, -0.2) is 58.0 Å². The molecular weight excluding hydrogens is 304 g/mol. The fraction of sp³-hybridized carbons (Fsp3) is 0.556. The van der Waals surface area contributed by atoms with Crippen molar-refractivity contribution in [2.24, 2.45) is 5.92 Å². The Bertz CT molecular complexity index is 676. The summed E-state index contributed by atoms with van der Waals surface area (Å²) in [5.74, 6) is 0.650. The Labute approximate surface area is 142 Å². The van der Waals surface area contributed by atoms with Crippen molar-refractivity contribution >= 4 is 16.8 Å². The second-order valence-corrected chi connectivity index (χ2v) is 6.80. The van der Waals surface area contributed by atoms with E-state index in [-0.39, 0.29) is 19.0 Å². The lowest BCUT2D eigenvalue weighted by atomic mass is 9.99. The molecule has 1 aliphatic heterocycles. The van der Waals surface area contributed by atoms with Crippen molar-refractivity contribution in [1.29, 1.82) is 0 Å². The van der Waals surface area contributed by atoms with Gasteiger partial charge in [0, 0.05) is 18.5 Å². The Hall–Kier alpha value is -1.92. The van der Waals surface area contributed by atoms with E-state index in [0.29, 0.717) is 6.54 Å². The fourth-order valence-electron chi connectivity index (χ4n) is 3.18. The molecule has 2 aromatic rings. The second kappa shape index (κ2) is 7.77. The van der Waals surface area contributed by atoms with E-state index in [2.05, 4.69) is 22.2 Å². The molecule has 0 radical (unpaired) electrons. The van der Waals surface area contributed by atoms with Crippen molar-refractivity contribution in [3.8, 4) is 0 Å². The maximum absolute atomic E-state index is 12.1. The van der Waals surface area contributed by atoms with Crippen LogP contribution in [0.5, 0.6) is 0 Å². The fourth-order valence-corrected chi connectivity index (χ4v) is 3.18. The van der Waals surface area contributed by atoms with Crippen LogP contribution in [-0.2, 0) is 11.3 Å². The van der Waals surface area contributed by atoms with Crippen molar-refractivity contribution in [3.05, 3.63) is 30.5 Å². The maximum atomic E-state index is 12.1. The van der Waals surface area contributed by atoms with E-state index in [9.17, 15) is 9.90 Å². The number of nitrogens with one attached hydrogen (secondary N) is 1. The molecule has 130 valence electrons. The van der Waals surface area contributed by atoms with E-state index in [1.165, 1.54) is 12.8 Å². The van der Waals surface area contributed by atoms with Crippen LogP contribution >= 0.6 is 0 Å². The molecular formula is C18H26N4O2. The molecule has 6 nitrogen and oxygen atoms in total. The largest absolute Gasteiger partial charge is 0.390 e. The molecule has 1 fully saturated rings. The number of aliphatic hydroxyl groups excluding tert-OH is 1. The molecule has 6 heteroatoms. The Kier molecular flexibility index (Phi) is 5.48. The molecule has 0 aliphatic carbocycles. The summed E-state index contributed by atoms with van der Waals surface area (Å²) in [5, 5.41) is 18.2. The van der Waals surface area contributed by atoms with E-state index in [4.69, 9.17) is 0 Å². The predicted octanol–water partition coefficient (Wildman–Crippen LogP) is 1.25. The summed E-state index contributed by atoms with van der Waals surface area (Å²) in [5.41, 5.74) is 0.940. The molecule has 1 atom stereocenters. The van der Waals surface area contributed by atoms with Crippen molar-refractivity contribution < 1.29 is 9.90 Å². The summed E-state index contributed by atoms with van der Waals surface area (Å²) in [6, 6.07) is 7.80. The molecule has 1 saturated heterocycles. The molecule has 3 rings (SSSR count). The first-order valence-electron chi connectivity index (χ1n) is 8.69. The maximum Gasteiger partial charge on any atom is 0.241 e. The van der Waals surface area contributed by atoms with Gasteiger partial charge in [0.2, 0.25) is 5.91 Å². The van der Waals surface area contributed by atoms with Gasteiger partial charge in [-0.05, 0) is 37.9 Å². The van der Waals surface area contributed by atoms with Crippen molar-refractivity contribution in [1.82, 2.24) is 20.0 Å². The first-order valence-corrected chi connectivity index (χ1v) is 8.69. The van der Waals surface area contributed by atoms with Crippen LogP contribution in [0.15, 0.2) is 30.5 Å². The van der Waals surface area contributed by atoms with Gasteiger partial charge >= 0.3 is 0 Å². The first-order chi connectivity index (χ1) is 11.6. The van der Waals surface area contributed by atoms with Gasteiger partial charge in [-0.1, -0.05) is 25.1 Å². The summed E-state index contributed by atoms with van der Waals surface area (Å²) in [4.78, 5) is 14.4. The average molecular weight is 330 g/mol. The van der Waals surface area contributed by atoms with Crippen LogP contribution in [0.2, 0.25) is 0 Å². The number of carbonyl (C=O) groups is 1. The van der Waals surface area contributed by atoms with E-state index in [1.54, 1.807) is 10.9 Å². The summed E-state index contributed by atoms with van der Waals surface area (Å²) >= 11 is 0. The number of aliphatic hydroxyl groups is 1. The van der Waals surface area contributed by atoms with Gasteiger partial charge in [0.25, 0.3) is 0 Å². The highest BCUT2D eigenvalue weighted by molar-refractivity contribution is 5.81. The first kappa shape index (κ1) is 16.9. The molecule has 1 aromatic heterocycles. The number of carbonyl (C=O) groups excluding carboxylic acids is 1. The molecule has 1 amide bonds. The topological polar surface area (TPSA) is 70.4 Å². The third-order valence-corrected chi connectivity index (χ3v) is 4.72. The van der Waals surface area contributed by atoms with Crippen LogP contribution in [0.4, 0.5) is 0 Å². The van der Waals surface area contributed by atoms with Crippen LogP contribution in [0.25, 0.3) is 10.9 Å². The summed E-state index contributed by atoms with van der Waals surface area (Å²) in [7, 11) is 0. The van der Waals surface area contributed by atoms with E-state index < -0.39 is 6.10 Å². The molecule has 0 saturated carbocycles. The number of fused-ring (bicyclic) bond motifs is 1. The standard InChI is InChI=1S/C18H26N4O2/c1-14-6-8-21(9-7-14)12-16(23)11-19-18(24)13-22-17-5-3-2-4-15(17)10-20-22/h2-5,10,14,16,23H,6-9,11-13H2,1H3,(H,19,24). The molecule has 1 unspecified atom stereocenters. The van der Waals surface area contributed by atoms with Gasteiger partial charge in [-0.3, -0.25) is 9.48 Å². The minimum atomic E-state index is -0.531. The van der Waals surface area contributed by atoms with Crippen molar-refractivity contribution in [2.75, 3.05) is 26.2 Å². The zero-order valence-corrected chi connectivity index (χ0v) is 14.2. The van der Waals surface area contributed by atoms with Gasteiger partial charge in [-0.2, -0.15) is 5.10 Å². The van der Waals surface area contributed by atoms with Crippen LogP contribution in [0.3, 0.4) is 0 Å². The number of likely N-dealkylation sites (tertiary alicyclic amines) is 1. The minimum Gasteiger partial charge on any atom is -0.390 e. The van der Waals surface area contributed by atoms with Gasteiger partial charge in [0.1, 0.15) is 6.54 Å². The molecule has 1 aromatic carbocycles. The third-order valence-electron chi connectivity index (χ3n) is 4.72. The number of para-hydroxylation sites is 1. The van der Waals surface area contributed by atoms with Crippen LogP contribution < -0.4 is 5.32 Å². The molecule has 1 aliphatic rings. The van der Waals surface area contributed by atoms with Crippen molar-refractivity contribution in [3.63, 3.8) is 0 Å². The van der Waals surface area contributed by atoms with E-state index in [0.717, 1.165) is 29.9 Å². The molecule has 2 heterocycles. The summed E-state index contributed by atoms with van der Waals surface area (Å²) < 4.78 is 1.68. The van der Waals surface area contributed by atoms with E-state index in [1.807, 2.05) is 24.3 Å². The zero-order chi connectivity index (χ0) is 16.9. The number of benzene rings is 1. The van der Waals surface area contributed by atoms with Crippen LogP contribution in [0.1, 0.15) is 19.8 Å². The average Bonchev–Trinajstić information content (AvgIpc) is 2.98. The number of rotatable bonds is 6. The highest BCUT2D eigenvalue weighted by atomic mass is 16.3. The number of β-amino-alcohol motifs (C(OH)–C–C–N with tert-alkyl or cyclic N) is 1. The zero-order valence-electron chi connectivity index (χ0n) is 14.2. The lowest BCUT2D eigenvalue weighted by Crippen LogP contribution is -2.43. The van der Waals surface area contributed by atoms with E-state index >= 15 is 0 Å². The minimum absolute atomic E-state index is 0.129. The van der Waals surface area contributed by atoms with Gasteiger partial charge < -0.3 is 15.3 Å². The molecule has 0 spiro atoms. The number of amides is 1. The molecule has 2 N–H and O–H groups in total. The predicted molar refractivity (Wildman–Crippen MR) is 93.6 cm³/mol. The second-order valence-electron chi connectivity index (χ2n) is 6.80. The number of aromatic nitrogens is 2. The number of hydrogen-bond donors (Lipinski definition) is 2. The Morgan fingerprint density at radius 1 is 1.38 bits per heavy atom. The quantitative estimate of drug-likeness (QED) is 0.836. The van der Waals surface area contributed by atoms with Gasteiger partial charge in [0.15, 0.2) is 0 Å².